The highest BCUT2D eigenvalue weighted by Crippen LogP contribution is 2.49. The smallest absolute Gasteiger partial charge is 0.254 e. The molecule has 2 bridgehead atoms. The summed E-state index contributed by atoms with van der Waals surface area (Å²) in [4.78, 5) is 25.3. The number of carbonyl (C=O) groups is 2. The molecule has 6 heteroatoms. The molecule has 1 heterocycles. The summed E-state index contributed by atoms with van der Waals surface area (Å²) in [5, 5.41) is 14.8. The second-order valence-corrected chi connectivity index (χ2v) is 6.51. The first-order valence-corrected chi connectivity index (χ1v) is 8.07. The molecule has 5 rings (SSSR count). The first-order valence-electron chi connectivity index (χ1n) is 8.07. The number of carbonyl (C=O) groups excluding carboxylic acids is 2. The van der Waals surface area contributed by atoms with Gasteiger partial charge in [-0.1, -0.05) is 12.2 Å². The summed E-state index contributed by atoms with van der Waals surface area (Å²) in [6.45, 7) is 0. The number of fused-ring (bicyclic) bond motifs is 1. The van der Waals surface area contributed by atoms with Crippen molar-refractivity contribution in [2.24, 2.45) is 28.8 Å². The molecular weight excluding hydrogens is 308 g/mol. The van der Waals surface area contributed by atoms with Crippen LogP contribution in [0.1, 0.15) is 18.4 Å². The van der Waals surface area contributed by atoms with Crippen LogP contribution in [0.5, 0.6) is 11.5 Å². The topological polar surface area (TPSA) is 79.2 Å². The fraction of sp³-hybridized carbons (Fsp3) is 0.389. The Morgan fingerprint density at radius 2 is 1.79 bits per heavy atom. The number of rotatable bonds is 3. The third-order valence-electron chi connectivity index (χ3n) is 5.26. The van der Waals surface area contributed by atoms with Crippen LogP contribution in [0.2, 0.25) is 0 Å². The number of hydrogen-bond donors (Lipinski definition) is 1. The van der Waals surface area contributed by atoms with Crippen molar-refractivity contribution >= 4 is 18.0 Å². The van der Waals surface area contributed by atoms with Crippen molar-refractivity contribution in [1.82, 2.24) is 5.01 Å². The average Bonchev–Trinajstić information content (AvgIpc) is 2.88. The molecule has 0 aromatic heterocycles. The Bertz CT molecular complexity index is 738. The molecule has 2 amide bonds. The number of benzene rings is 1. The van der Waals surface area contributed by atoms with E-state index in [1.807, 2.05) is 0 Å². The van der Waals surface area contributed by atoms with E-state index in [1.165, 1.54) is 19.4 Å². The molecule has 1 saturated heterocycles. The standard InChI is InChI=1S/C18H18N2O4/c1-24-14-8-10(2-7-13(14)21)9-19-20-17(22)15-11-3-4-12(6-5-11)16(15)18(20)23/h2-4,7-9,11-12,15-16,21H,5-6H2,1H3/b19-9+/t11-,12-,15-,16+/m0/s1. The van der Waals surface area contributed by atoms with Crippen LogP contribution in [0.15, 0.2) is 35.5 Å². The molecule has 0 radical (unpaired) electrons. The minimum absolute atomic E-state index is 0.0247. The Hall–Kier alpha value is -2.63. The summed E-state index contributed by atoms with van der Waals surface area (Å²) in [6, 6.07) is 4.73. The molecule has 3 aliphatic carbocycles. The van der Waals surface area contributed by atoms with Gasteiger partial charge < -0.3 is 9.84 Å². The van der Waals surface area contributed by atoms with Crippen molar-refractivity contribution in [3.8, 4) is 11.5 Å². The second-order valence-electron chi connectivity index (χ2n) is 6.51. The molecule has 124 valence electrons. The van der Waals surface area contributed by atoms with Gasteiger partial charge in [0, 0.05) is 0 Å². The minimum atomic E-state index is -0.257. The predicted molar refractivity (Wildman–Crippen MR) is 86.4 cm³/mol. The van der Waals surface area contributed by atoms with E-state index in [2.05, 4.69) is 17.3 Å². The van der Waals surface area contributed by atoms with Crippen molar-refractivity contribution in [3.63, 3.8) is 0 Å². The number of methoxy groups -OCH3 is 1. The highest BCUT2D eigenvalue weighted by Gasteiger charge is 2.56. The van der Waals surface area contributed by atoms with E-state index in [1.54, 1.807) is 12.1 Å². The number of phenolic OH excluding ortho intramolecular Hbond substituents is 1. The zero-order valence-corrected chi connectivity index (χ0v) is 13.3. The third kappa shape index (κ3) is 2.13. The lowest BCUT2D eigenvalue weighted by atomic mass is 9.63. The van der Waals surface area contributed by atoms with Crippen molar-refractivity contribution in [3.05, 3.63) is 35.9 Å². The van der Waals surface area contributed by atoms with Gasteiger partial charge in [0.05, 0.1) is 25.2 Å². The van der Waals surface area contributed by atoms with Gasteiger partial charge in [-0.25, -0.2) is 0 Å². The van der Waals surface area contributed by atoms with E-state index in [4.69, 9.17) is 4.74 Å². The number of allylic oxidation sites excluding steroid dienone is 2. The minimum Gasteiger partial charge on any atom is -0.504 e. The van der Waals surface area contributed by atoms with E-state index >= 15 is 0 Å². The van der Waals surface area contributed by atoms with Crippen molar-refractivity contribution in [2.45, 2.75) is 12.8 Å². The van der Waals surface area contributed by atoms with Crippen LogP contribution in [0.4, 0.5) is 0 Å². The first kappa shape index (κ1) is 14.9. The molecule has 24 heavy (non-hydrogen) atoms. The van der Waals surface area contributed by atoms with Crippen molar-refractivity contribution < 1.29 is 19.4 Å². The summed E-state index contributed by atoms with van der Waals surface area (Å²) in [5.41, 5.74) is 0.640. The second kappa shape index (κ2) is 5.47. The molecule has 1 aromatic carbocycles. The van der Waals surface area contributed by atoms with Crippen LogP contribution in [0, 0.1) is 23.7 Å². The summed E-state index contributed by atoms with van der Waals surface area (Å²) >= 11 is 0. The molecule has 1 saturated carbocycles. The molecule has 6 nitrogen and oxygen atoms in total. The summed E-state index contributed by atoms with van der Waals surface area (Å²) in [6.07, 6.45) is 7.55. The molecule has 2 fully saturated rings. The van der Waals surface area contributed by atoms with E-state index < -0.39 is 0 Å². The van der Waals surface area contributed by atoms with Crippen LogP contribution in [0.25, 0.3) is 0 Å². The Labute approximate surface area is 139 Å². The molecule has 1 aromatic rings. The largest absolute Gasteiger partial charge is 0.504 e. The number of phenols is 1. The van der Waals surface area contributed by atoms with E-state index in [9.17, 15) is 14.7 Å². The molecule has 1 aliphatic heterocycles. The molecule has 4 atom stereocenters. The van der Waals surface area contributed by atoms with Crippen LogP contribution < -0.4 is 4.74 Å². The van der Waals surface area contributed by atoms with E-state index in [0.29, 0.717) is 11.3 Å². The highest BCUT2D eigenvalue weighted by molar-refractivity contribution is 6.06. The zero-order valence-electron chi connectivity index (χ0n) is 13.3. The molecule has 0 unspecified atom stereocenters. The van der Waals surface area contributed by atoms with Gasteiger partial charge in [0.25, 0.3) is 11.8 Å². The fourth-order valence-electron chi connectivity index (χ4n) is 4.07. The van der Waals surface area contributed by atoms with Gasteiger partial charge in [-0.3, -0.25) is 9.59 Å². The SMILES string of the molecule is COc1cc(/C=N/N2C(=O)[C@@H]3[C@H](C2=O)[C@H]2C=C[C@H]3CC2)ccc1O. The lowest BCUT2D eigenvalue weighted by Gasteiger charge is -2.37. The van der Waals surface area contributed by atoms with Crippen molar-refractivity contribution in [1.29, 1.82) is 0 Å². The highest BCUT2D eigenvalue weighted by atomic mass is 16.5. The lowest BCUT2D eigenvalue weighted by Crippen LogP contribution is -2.38. The van der Waals surface area contributed by atoms with Gasteiger partial charge in [0.2, 0.25) is 0 Å². The van der Waals surface area contributed by atoms with Gasteiger partial charge in [0.1, 0.15) is 0 Å². The Balaban J connectivity index is 1.59. The number of ether oxygens (including phenoxy) is 1. The van der Waals surface area contributed by atoms with E-state index in [-0.39, 0.29) is 41.2 Å². The Morgan fingerprint density at radius 1 is 1.17 bits per heavy atom. The molecule has 0 spiro atoms. The predicted octanol–water partition coefficient (Wildman–Crippen LogP) is 1.93. The summed E-state index contributed by atoms with van der Waals surface area (Å²) in [5.74, 6) is -0.265. The van der Waals surface area contributed by atoms with Gasteiger partial charge in [-0.2, -0.15) is 10.1 Å². The van der Waals surface area contributed by atoms with Gasteiger partial charge >= 0.3 is 0 Å². The van der Waals surface area contributed by atoms with Crippen LogP contribution in [-0.4, -0.2) is 35.3 Å². The van der Waals surface area contributed by atoms with Crippen molar-refractivity contribution in [2.75, 3.05) is 7.11 Å². The normalized spacial score (nSPS) is 31.1. The maximum absolute atomic E-state index is 12.6. The maximum atomic E-state index is 12.6. The number of amides is 2. The lowest BCUT2D eigenvalue weighted by molar-refractivity contribution is -0.140. The summed E-state index contributed by atoms with van der Waals surface area (Å²) in [7, 11) is 1.46. The molecule has 4 aliphatic rings. The van der Waals surface area contributed by atoms with Crippen LogP contribution >= 0.6 is 0 Å². The summed E-state index contributed by atoms with van der Waals surface area (Å²) < 4.78 is 5.05. The van der Waals surface area contributed by atoms with E-state index in [0.717, 1.165) is 17.9 Å². The first-order chi connectivity index (χ1) is 11.6. The number of nitrogens with zero attached hydrogens (tertiary/aromatic N) is 2. The monoisotopic (exact) mass is 326 g/mol. The Morgan fingerprint density at radius 3 is 2.33 bits per heavy atom. The van der Waals surface area contributed by atoms with Gasteiger partial charge in [0.15, 0.2) is 11.5 Å². The average molecular weight is 326 g/mol. The Kier molecular flexibility index (Phi) is 3.40. The number of hydrazone groups is 1. The van der Waals surface area contributed by atoms with Crippen LogP contribution in [-0.2, 0) is 9.59 Å². The molecule has 1 N–H and O–H groups in total. The third-order valence-corrected chi connectivity index (χ3v) is 5.26. The quantitative estimate of drug-likeness (QED) is 0.523. The number of hydrogen-bond acceptors (Lipinski definition) is 5. The number of aromatic hydroxyl groups is 1. The van der Waals surface area contributed by atoms with Gasteiger partial charge in [-0.15, -0.1) is 0 Å². The molecular formula is C18H18N2O4. The van der Waals surface area contributed by atoms with Crippen LogP contribution in [0.3, 0.4) is 0 Å². The number of imide groups is 1. The zero-order chi connectivity index (χ0) is 16.8. The fourth-order valence-corrected chi connectivity index (χ4v) is 4.07. The van der Waals surface area contributed by atoms with Gasteiger partial charge in [-0.05, 0) is 48.4 Å². The maximum Gasteiger partial charge on any atom is 0.254 e.